The van der Waals surface area contributed by atoms with Crippen LogP contribution in [0.1, 0.15) is 31.2 Å². The van der Waals surface area contributed by atoms with Gasteiger partial charge in [-0.3, -0.25) is 4.79 Å². The number of benzene rings is 1. The molecule has 1 saturated carbocycles. The fourth-order valence-electron chi connectivity index (χ4n) is 2.75. The Morgan fingerprint density at radius 2 is 2.00 bits per heavy atom. The maximum Gasteiger partial charge on any atom is 0.243 e. The van der Waals surface area contributed by atoms with Crippen molar-refractivity contribution in [2.75, 3.05) is 27.2 Å². The number of amides is 1. The Bertz CT molecular complexity index is 613. The Morgan fingerprint density at radius 1 is 1.28 bits per heavy atom. The summed E-state index contributed by atoms with van der Waals surface area (Å²) in [7, 11) is 3.37. The maximum atomic E-state index is 13.7. The first-order valence-corrected chi connectivity index (χ1v) is 8.64. The number of carbonyl (C=O) groups excluding carboxylic acids is 1. The Labute approximate surface area is 147 Å². The lowest BCUT2D eigenvalue weighted by Crippen LogP contribution is -2.43. The van der Waals surface area contributed by atoms with Gasteiger partial charge in [0.1, 0.15) is 18.2 Å². The number of likely N-dealkylation sites (N-methyl/N-ethyl adjacent to an activating group) is 1. The van der Waals surface area contributed by atoms with Crippen molar-refractivity contribution in [3.63, 3.8) is 0 Å². The van der Waals surface area contributed by atoms with Crippen molar-refractivity contribution in [1.82, 2.24) is 15.5 Å². The lowest BCUT2D eigenvalue weighted by molar-refractivity contribution is -0.127. The molecule has 0 atom stereocenters. The molecule has 0 aromatic heterocycles. The highest BCUT2D eigenvalue weighted by Crippen LogP contribution is 2.17. The van der Waals surface area contributed by atoms with Crippen molar-refractivity contribution in [2.45, 2.75) is 38.1 Å². The zero-order valence-electron chi connectivity index (χ0n) is 14.8. The number of aliphatic imine (C=N–C) groups is 1. The molecule has 1 aromatic carbocycles. The van der Waals surface area contributed by atoms with Crippen molar-refractivity contribution < 1.29 is 13.6 Å². The minimum Gasteiger partial charge on any atom is -0.356 e. The molecular weight excluding hydrogens is 326 g/mol. The molecule has 0 bridgehead atoms. The van der Waals surface area contributed by atoms with Gasteiger partial charge < -0.3 is 15.5 Å². The summed E-state index contributed by atoms with van der Waals surface area (Å²) in [5.74, 6) is -0.429. The van der Waals surface area contributed by atoms with Gasteiger partial charge >= 0.3 is 0 Å². The topological polar surface area (TPSA) is 56.7 Å². The largest absolute Gasteiger partial charge is 0.356 e. The highest BCUT2D eigenvalue weighted by Gasteiger charge is 2.16. The first kappa shape index (κ1) is 19.1. The van der Waals surface area contributed by atoms with Gasteiger partial charge in [-0.25, -0.2) is 13.8 Å². The van der Waals surface area contributed by atoms with E-state index in [1.54, 1.807) is 14.1 Å². The molecule has 5 nitrogen and oxygen atoms in total. The fourth-order valence-corrected chi connectivity index (χ4v) is 2.75. The van der Waals surface area contributed by atoms with Crippen LogP contribution in [0.15, 0.2) is 23.2 Å². The van der Waals surface area contributed by atoms with Crippen LogP contribution < -0.4 is 10.6 Å². The molecule has 1 aliphatic carbocycles. The first-order valence-electron chi connectivity index (χ1n) is 8.64. The third-order valence-electron chi connectivity index (χ3n) is 4.26. The van der Waals surface area contributed by atoms with Gasteiger partial charge in [0.2, 0.25) is 5.91 Å². The van der Waals surface area contributed by atoms with E-state index >= 15 is 0 Å². The molecule has 2 rings (SSSR count). The summed E-state index contributed by atoms with van der Waals surface area (Å²) in [6.45, 7) is 0.443. The molecule has 0 spiro atoms. The van der Waals surface area contributed by atoms with Crippen LogP contribution in [0.5, 0.6) is 0 Å². The van der Waals surface area contributed by atoms with Crippen LogP contribution in [0.4, 0.5) is 8.78 Å². The van der Waals surface area contributed by atoms with Crippen LogP contribution >= 0.6 is 0 Å². The molecule has 25 heavy (non-hydrogen) atoms. The normalized spacial score (nSPS) is 15.3. The predicted molar refractivity (Wildman–Crippen MR) is 94.5 cm³/mol. The summed E-state index contributed by atoms with van der Waals surface area (Å²) in [6.07, 6.45) is 4.82. The Morgan fingerprint density at radius 3 is 2.68 bits per heavy atom. The van der Waals surface area contributed by atoms with E-state index in [1.165, 1.54) is 23.8 Å². The molecule has 0 saturated heterocycles. The van der Waals surface area contributed by atoms with E-state index in [0.717, 1.165) is 25.0 Å². The van der Waals surface area contributed by atoms with Crippen molar-refractivity contribution in [3.05, 3.63) is 35.4 Å². The van der Waals surface area contributed by atoms with E-state index in [4.69, 9.17) is 0 Å². The average Bonchev–Trinajstić information content (AvgIpc) is 3.08. The molecule has 0 aliphatic heterocycles. The monoisotopic (exact) mass is 352 g/mol. The second-order valence-corrected chi connectivity index (χ2v) is 6.49. The summed E-state index contributed by atoms with van der Waals surface area (Å²) in [6, 6.07) is 3.78. The number of carbonyl (C=O) groups is 1. The van der Waals surface area contributed by atoms with Crippen molar-refractivity contribution in [1.29, 1.82) is 0 Å². The van der Waals surface area contributed by atoms with E-state index in [2.05, 4.69) is 15.6 Å². The van der Waals surface area contributed by atoms with Crippen LogP contribution in [0.2, 0.25) is 0 Å². The van der Waals surface area contributed by atoms with E-state index in [-0.39, 0.29) is 12.5 Å². The molecule has 0 radical (unpaired) electrons. The van der Waals surface area contributed by atoms with Crippen LogP contribution in [0.25, 0.3) is 0 Å². The standard InChI is InChI=1S/C18H26F2N4O/c1-24(2)17(25)12-22-18(23-15-5-3-4-6-15)21-10-9-13-11-14(19)7-8-16(13)20/h7-8,11,15H,3-6,9-10,12H2,1-2H3,(H2,21,22,23). The lowest BCUT2D eigenvalue weighted by atomic mass is 10.1. The number of rotatable bonds is 6. The summed E-state index contributed by atoms with van der Waals surface area (Å²) < 4.78 is 26.9. The first-order chi connectivity index (χ1) is 12.0. The van der Waals surface area contributed by atoms with Crippen LogP contribution in [-0.2, 0) is 11.2 Å². The smallest absolute Gasteiger partial charge is 0.243 e. The number of hydrogen-bond donors (Lipinski definition) is 2. The van der Waals surface area contributed by atoms with E-state index in [1.807, 2.05) is 0 Å². The molecule has 1 aliphatic rings. The summed E-state index contributed by atoms with van der Waals surface area (Å²) in [5, 5.41) is 6.44. The van der Waals surface area contributed by atoms with Gasteiger partial charge in [-0.2, -0.15) is 0 Å². The molecule has 1 fully saturated rings. The lowest BCUT2D eigenvalue weighted by Gasteiger charge is -2.18. The Hall–Kier alpha value is -2.18. The van der Waals surface area contributed by atoms with Crippen LogP contribution in [0, 0.1) is 11.6 Å². The van der Waals surface area contributed by atoms with Crippen LogP contribution in [-0.4, -0.2) is 50.0 Å². The van der Waals surface area contributed by atoms with E-state index in [9.17, 15) is 13.6 Å². The SMILES string of the molecule is CN(C)C(=O)CN=C(NCCc1cc(F)ccc1F)NC1CCCC1. The van der Waals surface area contributed by atoms with Crippen LogP contribution in [0.3, 0.4) is 0 Å². The molecule has 2 N–H and O–H groups in total. The summed E-state index contributed by atoms with van der Waals surface area (Å²) >= 11 is 0. The van der Waals surface area contributed by atoms with Gasteiger partial charge in [0.25, 0.3) is 0 Å². The number of nitrogens with zero attached hydrogens (tertiary/aromatic N) is 2. The second kappa shape index (κ2) is 9.34. The van der Waals surface area contributed by atoms with Gasteiger partial charge in [0, 0.05) is 26.7 Å². The minimum absolute atomic E-state index is 0.0450. The minimum atomic E-state index is -0.453. The van der Waals surface area contributed by atoms with Gasteiger partial charge in [0.05, 0.1) is 0 Å². The number of halogens is 2. The van der Waals surface area contributed by atoms with Gasteiger partial charge in [-0.1, -0.05) is 12.8 Å². The molecule has 7 heteroatoms. The van der Waals surface area contributed by atoms with Gasteiger partial charge in [-0.05, 0) is 43.0 Å². The molecule has 0 heterocycles. The van der Waals surface area contributed by atoms with Gasteiger partial charge in [-0.15, -0.1) is 0 Å². The molecule has 1 aromatic rings. The second-order valence-electron chi connectivity index (χ2n) is 6.49. The maximum absolute atomic E-state index is 13.7. The number of hydrogen-bond acceptors (Lipinski definition) is 2. The molecule has 1 amide bonds. The van der Waals surface area contributed by atoms with E-state index in [0.29, 0.717) is 30.5 Å². The van der Waals surface area contributed by atoms with Crippen molar-refractivity contribution in [3.8, 4) is 0 Å². The fraction of sp³-hybridized carbons (Fsp3) is 0.556. The zero-order chi connectivity index (χ0) is 18.2. The highest BCUT2D eigenvalue weighted by molar-refractivity contribution is 5.84. The number of guanidine groups is 1. The third-order valence-corrected chi connectivity index (χ3v) is 4.26. The summed E-state index contributed by atoms with van der Waals surface area (Å²) in [4.78, 5) is 17.5. The Kier molecular flexibility index (Phi) is 7.16. The average molecular weight is 352 g/mol. The van der Waals surface area contributed by atoms with Crippen molar-refractivity contribution in [2.24, 2.45) is 4.99 Å². The van der Waals surface area contributed by atoms with Gasteiger partial charge in [0.15, 0.2) is 5.96 Å². The third kappa shape index (κ3) is 6.32. The molecular formula is C18H26F2N4O. The summed E-state index contributed by atoms with van der Waals surface area (Å²) in [5.41, 5.74) is 0.317. The van der Waals surface area contributed by atoms with E-state index < -0.39 is 11.6 Å². The molecule has 138 valence electrons. The Balaban J connectivity index is 1.93. The zero-order valence-corrected chi connectivity index (χ0v) is 14.8. The highest BCUT2D eigenvalue weighted by atomic mass is 19.1. The van der Waals surface area contributed by atoms with Crippen molar-refractivity contribution >= 4 is 11.9 Å². The quantitative estimate of drug-likeness (QED) is 0.609. The predicted octanol–water partition coefficient (Wildman–Crippen LogP) is 2.07. The molecule has 0 unspecified atom stereocenters. The number of nitrogens with one attached hydrogen (secondary N) is 2.